The smallest absolute Gasteiger partial charge is 0.203 e. The number of benzene rings is 1. The summed E-state index contributed by atoms with van der Waals surface area (Å²) in [6.45, 7) is 0. The van der Waals surface area contributed by atoms with E-state index in [2.05, 4.69) is 15.9 Å². The third kappa shape index (κ3) is 2.30. The van der Waals surface area contributed by atoms with Crippen LogP contribution in [-0.2, 0) is 0 Å². The number of thiophene rings is 1. The molecule has 0 aliphatic rings. The van der Waals surface area contributed by atoms with Crippen molar-refractivity contribution < 1.29 is 4.79 Å². The average molecular weight is 302 g/mol. The van der Waals surface area contributed by atoms with E-state index in [-0.39, 0.29) is 5.78 Å². The van der Waals surface area contributed by atoms with Crippen LogP contribution in [0.4, 0.5) is 0 Å². The maximum absolute atomic E-state index is 11.9. The van der Waals surface area contributed by atoms with Crippen molar-refractivity contribution in [3.05, 3.63) is 55.6 Å². The van der Waals surface area contributed by atoms with Crippen molar-refractivity contribution in [2.45, 2.75) is 0 Å². The summed E-state index contributed by atoms with van der Waals surface area (Å²) in [6.07, 6.45) is 0. The van der Waals surface area contributed by atoms with Gasteiger partial charge in [-0.15, -0.1) is 11.3 Å². The fraction of sp³-hybridized carbons (Fsp3) is 0. The Labute approximate surface area is 105 Å². The van der Waals surface area contributed by atoms with Crippen molar-refractivity contribution >= 4 is 44.7 Å². The second kappa shape index (κ2) is 4.47. The number of hydrogen-bond acceptors (Lipinski definition) is 2. The number of rotatable bonds is 2. The van der Waals surface area contributed by atoms with E-state index < -0.39 is 0 Å². The van der Waals surface area contributed by atoms with Crippen LogP contribution in [0, 0.1) is 0 Å². The minimum Gasteiger partial charge on any atom is -0.288 e. The first-order valence-corrected chi connectivity index (χ1v) is 6.22. The van der Waals surface area contributed by atoms with Gasteiger partial charge in [-0.1, -0.05) is 41.9 Å². The summed E-state index contributed by atoms with van der Waals surface area (Å²) < 4.78 is 0.795. The molecule has 0 aliphatic heterocycles. The van der Waals surface area contributed by atoms with E-state index in [4.69, 9.17) is 11.6 Å². The Hall–Kier alpha value is -0.640. The second-order valence-electron chi connectivity index (χ2n) is 2.93. The van der Waals surface area contributed by atoms with Crippen LogP contribution in [0.3, 0.4) is 0 Å². The number of halogens is 2. The van der Waals surface area contributed by atoms with E-state index in [1.807, 2.05) is 18.2 Å². The van der Waals surface area contributed by atoms with Gasteiger partial charge in [0.1, 0.15) is 0 Å². The molecule has 76 valence electrons. The molecule has 1 aromatic carbocycles. The fourth-order valence-electron chi connectivity index (χ4n) is 1.19. The molecular weight excluding hydrogens is 296 g/mol. The van der Waals surface area contributed by atoms with E-state index in [0.29, 0.717) is 15.5 Å². The standard InChI is InChI=1S/C11H6BrClOS/c12-11-8(13)6-9(15-11)10(14)7-4-2-1-3-5-7/h1-6H. The minimum atomic E-state index is 0.00759. The molecule has 0 spiro atoms. The highest BCUT2D eigenvalue weighted by molar-refractivity contribution is 9.11. The summed E-state index contributed by atoms with van der Waals surface area (Å²) >= 11 is 10.5. The van der Waals surface area contributed by atoms with Gasteiger partial charge in [0.2, 0.25) is 5.78 Å². The van der Waals surface area contributed by atoms with Crippen molar-refractivity contribution in [1.82, 2.24) is 0 Å². The van der Waals surface area contributed by atoms with Gasteiger partial charge in [0, 0.05) is 5.56 Å². The summed E-state index contributed by atoms with van der Waals surface area (Å²) in [7, 11) is 0. The van der Waals surface area contributed by atoms with Crippen LogP contribution in [0.5, 0.6) is 0 Å². The van der Waals surface area contributed by atoms with Crippen LogP contribution in [0.1, 0.15) is 15.2 Å². The Kier molecular flexibility index (Phi) is 3.24. The lowest BCUT2D eigenvalue weighted by atomic mass is 10.1. The third-order valence-corrected chi connectivity index (χ3v) is 4.38. The minimum absolute atomic E-state index is 0.00759. The molecule has 4 heteroatoms. The Bertz CT molecular complexity index is 473. The second-order valence-corrected chi connectivity index (χ2v) is 5.70. The lowest BCUT2D eigenvalue weighted by Crippen LogP contribution is -1.97. The molecule has 0 bridgehead atoms. The Morgan fingerprint density at radius 2 is 1.93 bits per heavy atom. The molecule has 0 unspecified atom stereocenters. The Morgan fingerprint density at radius 1 is 1.27 bits per heavy atom. The van der Waals surface area contributed by atoms with E-state index in [1.54, 1.807) is 18.2 Å². The van der Waals surface area contributed by atoms with Crippen LogP contribution in [0.25, 0.3) is 0 Å². The molecule has 0 atom stereocenters. The monoisotopic (exact) mass is 300 g/mol. The first kappa shape index (κ1) is 10.9. The summed E-state index contributed by atoms with van der Waals surface area (Å²) in [6, 6.07) is 10.8. The van der Waals surface area contributed by atoms with E-state index in [9.17, 15) is 4.79 Å². The van der Waals surface area contributed by atoms with Crippen molar-refractivity contribution in [1.29, 1.82) is 0 Å². The molecule has 1 nitrogen and oxygen atoms in total. The van der Waals surface area contributed by atoms with Crippen LogP contribution in [0.2, 0.25) is 5.02 Å². The lowest BCUT2D eigenvalue weighted by molar-refractivity contribution is 0.104. The molecular formula is C11H6BrClOS. The highest BCUT2D eigenvalue weighted by Crippen LogP contribution is 2.33. The first-order valence-electron chi connectivity index (χ1n) is 4.23. The van der Waals surface area contributed by atoms with Crippen molar-refractivity contribution in [3.8, 4) is 0 Å². The van der Waals surface area contributed by atoms with Crippen molar-refractivity contribution in [2.75, 3.05) is 0 Å². The molecule has 0 radical (unpaired) electrons. The van der Waals surface area contributed by atoms with Gasteiger partial charge in [0.15, 0.2) is 0 Å². The average Bonchev–Trinajstić information content (AvgIpc) is 2.59. The topological polar surface area (TPSA) is 17.1 Å². The Morgan fingerprint density at radius 3 is 2.47 bits per heavy atom. The molecule has 0 N–H and O–H groups in total. The normalized spacial score (nSPS) is 10.3. The Balaban J connectivity index is 2.37. The number of carbonyl (C=O) groups is 1. The number of carbonyl (C=O) groups excluding carboxylic acids is 1. The summed E-state index contributed by atoms with van der Waals surface area (Å²) in [5.74, 6) is 0.00759. The van der Waals surface area contributed by atoms with Crippen LogP contribution in [0.15, 0.2) is 40.2 Å². The summed E-state index contributed by atoms with van der Waals surface area (Å²) in [5.41, 5.74) is 0.683. The van der Waals surface area contributed by atoms with Crippen LogP contribution < -0.4 is 0 Å². The maximum atomic E-state index is 11.9. The van der Waals surface area contributed by atoms with Gasteiger partial charge in [-0.2, -0.15) is 0 Å². The molecule has 1 heterocycles. The molecule has 0 fully saturated rings. The zero-order chi connectivity index (χ0) is 10.8. The largest absolute Gasteiger partial charge is 0.288 e. The summed E-state index contributed by atoms with van der Waals surface area (Å²) in [5, 5.41) is 0.583. The van der Waals surface area contributed by atoms with Gasteiger partial charge >= 0.3 is 0 Å². The quantitative estimate of drug-likeness (QED) is 0.752. The molecule has 15 heavy (non-hydrogen) atoms. The number of hydrogen-bond donors (Lipinski definition) is 0. The van der Waals surface area contributed by atoms with Crippen LogP contribution >= 0.6 is 38.9 Å². The van der Waals surface area contributed by atoms with Crippen LogP contribution in [-0.4, -0.2) is 5.78 Å². The predicted octanol–water partition coefficient (Wildman–Crippen LogP) is 4.40. The van der Waals surface area contributed by atoms with Gasteiger partial charge in [0.25, 0.3) is 0 Å². The van der Waals surface area contributed by atoms with Gasteiger partial charge in [0.05, 0.1) is 13.7 Å². The van der Waals surface area contributed by atoms with Gasteiger partial charge in [-0.3, -0.25) is 4.79 Å². The SMILES string of the molecule is O=C(c1ccccc1)c1cc(Cl)c(Br)s1. The summed E-state index contributed by atoms with van der Waals surface area (Å²) in [4.78, 5) is 12.6. The van der Waals surface area contributed by atoms with E-state index >= 15 is 0 Å². The lowest BCUT2D eigenvalue weighted by Gasteiger charge is -1.95. The molecule has 0 saturated heterocycles. The van der Waals surface area contributed by atoms with Gasteiger partial charge < -0.3 is 0 Å². The maximum Gasteiger partial charge on any atom is 0.203 e. The zero-order valence-corrected chi connectivity index (χ0v) is 10.7. The molecule has 2 aromatic rings. The molecule has 0 amide bonds. The predicted molar refractivity (Wildman–Crippen MR) is 66.9 cm³/mol. The fourth-order valence-corrected chi connectivity index (χ4v) is 2.85. The third-order valence-electron chi connectivity index (χ3n) is 1.90. The van der Waals surface area contributed by atoms with Gasteiger partial charge in [-0.05, 0) is 22.0 Å². The highest BCUT2D eigenvalue weighted by Gasteiger charge is 2.13. The molecule has 2 rings (SSSR count). The van der Waals surface area contributed by atoms with E-state index in [0.717, 1.165) is 3.79 Å². The zero-order valence-electron chi connectivity index (χ0n) is 7.54. The van der Waals surface area contributed by atoms with E-state index in [1.165, 1.54) is 11.3 Å². The molecule has 0 saturated carbocycles. The first-order chi connectivity index (χ1) is 7.18. The van der Waals surface area contributed by atoms with Gasteiger partial charge in [-0.25, -0.2) is 0 Å². The molecule has 1 aromatic heterocycles. The molecule has 0 aliphatic carbocycles. The van der Waals surface area contributed by atoms with Crippen molar-refractivity contribution in [3.63, 3.8) is 0 Å². The highest BCUT2D eigenvalue weighted by atomic mass is 79.9. The number of ketones is 1. The van der Waals surface area contributed by atoms with Crippen molar-refractivity contribution in [2.24, 2.45) is 0 Å².